The molecule has 0 aromatic heterocycles. The molecule has 164 valence electrons. The summed E-state index contributed by atoms with van der Waals surface area (Å²) >= 11 is 0. The molecule has 0 aromatic carbocycles. The van der Waals surface area contributed by atoms with E-state index in [0.29, 0.717) is 96.3 Å². The third-order valence-corrected chi connectivity index (χ3v) is 4.70. The highest BCUT2D eigenvalue weighted by atomic mass is 16.1. The Morgan fingerprint density at radius 3 is 0.690 bits per heavy atom. The fraction of sp³-hybridized carbons (Fsp3) is 0.739. The summed E-state index contributed by atoms with van der Waals surface area (Å²) in [6.45, 7) is 3.01. The van der Waals surface area contributed by atoms with Crippen molar-refractivity contribution in [3.05, 3.63) is 0 Å². The maximum atomic E-state index is 11.8. The Morgan fingerprint density at radius 2 is 0.517 bits per heavy atom. The molecule has 0 bridgehead atoms. The van der Waals surface area contributed by atoms with E-state index in [0.717, 1.165) is 0 Å². The molecule has 0 radical (unpaired) electrons. The number of hydrogen-bond acceptors (Lipinski definition) is 6. The van der Waals surface area contributed by atoms with E-state index >= 15 is 0 Å². The first-order valence-corrected chi connectivity index (χ1v) is 10.8. The van der Waals surface area contributed by atoms with E-state index in [1.165, 1.54) is 13.8 Å². The Labute approximate surface area is 174 Å². The van der Waals surface area contributed by atoms with Crippen LogP contribution in [0.25, 0.3) is 0 Å². The van der Waals surface area contributed by atoms with E-state index in [9.17, 15) is 28.8 Å². The number of hydrogen-bond donors (Lipinski definition) is 0. The molecular formula is C23H36O6. The van der Waals surface area contributed by atoms with Crippen molar-refractivity contribution < 1.29 is 28.8 Å². The number of ketones is 6. The topological polar surface area (TPSA) is 102 Å². The second kappa shape index (κ2) is 16.9. The zero-order valence-corrected chi connectivity index (χ0v) is 18.1. The Morgan fingerprint density at radius 1 is 0.345 bits per heavy atom. The van der Waals surface area contributed by atoms with Gasteiger partial charge in [-0.3, -0.25) is 19.2 Å². The summed E-state index contributed by atoms with van der Waals surface area (Å²) in [4.78, 5) is 68.6. The van der Waals surface area contributed by atoms with Crippen LogP contribution in [0.1, 0.15) is 110 Å². The van der Waals surface area contributed by atoms with Gasteiger partial charge in [0.25, 0.3) is 0 Å². The van der Waals surface area contributed by atoms with Crippen LogP contribution >= 0.6 is 0 Å². The van der Waals surface area contributed by atoms with Crippen molar-refractivity contribution in [3.63, 3.8) is 0 Å². The first kappa shape index (κ1) is 27.0. The molecule has 0 N–H and O–H groups in total. The molecule has 0 amide bonds. The molecule has 0 fully saturated rings. The zero-order valence-electron chi connectivity index (χ0n) is 18.1. The first-order chi connectivity index (χ1) is 13.7. The van der Waals surface area contributed by atoms with Crippen molar-refractivity contribution in [2.75, 3.05) is 0 Å². The molecule has 0 aliphatic rings. The van der Waals surface area contributed by atoms with Crippen LogP contribution in [0.3, 0.4) is 0 Å². The molecular weight excluding hydrogens is 372 g/mol. The highest BCUT2D eigenvalue weighted by Gasteiger charge is 2.09. The molecule has 0 aliphatic carbocycles. The standard InChI is InChI=1S/C23H36O6/c1-18(24)8-3-10-20(26)12-5-14-22(28)16-7-17-23(29)15-6-13-21(27)11-4-9-19(2)25/h3-17H2,1-2H3. The lowest BCUT2D eigenvalue weighted by molar-refractivity contribution is -0.122. The average Bonchev–Trinajstić information content (AvgIpc) is 2.61. The molecule has 0 aromatic rings. The largest absolute Gasteiger partial charge is 0.300 e. The number of rotatable bonds is 20. The highest BCUT2D eigenvalue weighted by molar-refractivity contribution is 5.83. The molecule has 0 spiro atoms. The molecule has 0 saturated carbocycles. The van der Waals surface area contributed by atoms with Crippen LogP contribution in [0, 0.1) is 0 Å². The van der Waals surface area contributed by atoms with E-state index in [4.69, 9.17) is 0 Å². The Bertz CT molecular complexity index is 526. The third kappa shape index (κ3) is 19.1. The van der Waals surface area contributed by atoms with E-state index in [1.54, 1.807) is 0 Å². The van der Waals surface area contributed by atoms with Gasteiger partial charge in [0.05, 0.1) is 0 Å². The van der Waals surface area contributed by atoms with Gasteiger partial charge in [0.2, 0.25) is 0 Å². The Hall–Kier alpha value is -1.98. The van der Waals surface area contributed by atoms with E-state index in [2.05, 4.69) is 0 Å². The molecule has 29 heavy (non-hydrogen) atoms. The summed E-state index contributed by atoms with van der Waals surface area (Å²) < 4.78 is 0. The predicted octanol–water partition coefficient (Wildman–Crippen LogP) is 4.29. The van der Waals surface area contributed by atoms with Crippen molar-refractivity contribution in [2.45, 2.75) is 110 Å². The number of Topliss-reactive ketones (excluding diaryl/α,β-unsaturated/α-hetero) is 6. The fourth-order valence-electron chi connectivity index (χ4n) is 3.02. The highest BCUT2D eigenvalue weighted by Crippen LogP contribution is 2.10. The van der Waals surface area contributed by atoms with Crippen molar-refractivity contribution >= 4 is 34.7 Å². The third-order valence-electron chi connectivity index (χ3n) is 4.70. The maximum Gasteiger partial charge on any atom is 0.132 e. The van der Waals surface area contributed by atoms with Gasteiger partial charge >= 0.3 is 0 Å². The second-order valence-electron chi connectivity index (χ2n) is 7.83. The van der Waals surface area contributed by atoms with Crippen LogP contribution in [0.5, 0.6) is 0 Å². The SMILES string of the molecule is CC(=O)CCCC(=O)CCCC(=O)CCCC(=O)CCCC(=O)CCCC(C)=O. The Balaban J connectivity index is 3.64. The minimum absolute atomic E-state index is 0.0648. The van der Waals surface area contributed by atoms with Gasteiger partial charge in [0.1, 0.15) is 34.7 Å². The molecule has 0 rings (SSSR count). The van der Waals surface area contributed by atoms with Crippen LogP contribution in [-0.2, 0) is 28.8 Å². The summed E-state index contributed by atoms with van der Waals surface area (Å²) in [5, 5.41) is 0. The van der Waals surface area contributed by atoms with Gasteiger partial charge in [-0.1, -0.05) is 0 Å². The predicted molar refractivity (Wildman–Crippen MR) is 111 cm³/mol. The van der Waals surface area contributed by atoms with E-state index in [1.807, 2.05) is 0 Å². The second-order valence-corrected chi connectivity index (χ2v) is 7.83. The summed E-state index contributed by atoms with van der Waals surface area (Å²) in [5.74, 6) is 0.470. The minimum Gasteiger partial charge on any atom is -0.300 e. The molecule has 0 heterocycles. The van der Waals surface area contributed by atoms with Gasteiger partial charge in [-0.05, 0) is 46.0 Å². The summed E-state index contributed by atoms with van der Waals surface area (Å²) in [7, 11) is 0. The lowest BCUT2D eigenvalue weighted by Gasteiger charge is -2.03. The van der Waals surface area contributed by atoms with Gasteiger partial charge in [0.15, 0.2) is 0 Å². The van der Waals surface area contributed by atoms with Crippen LogP contribution in [0.2, 0.25) is 0 Å². The van der Waals surface area contributed by atoms with Crippen LogP contribution in [-0.4, -0.2) is 34.7 Å². The first-order valence-electron chi connectivity index (χ1n) is 10.8. The molecule has 6 nitrogen and oxygen atoms in total. The quantitative estimate of drug-likeness (QED) is 0.298. The van der Waals surface area contributed by atoms with E-state index in [-0.39, 0.29) is 34.7 Å². The van der Waals surface area contributed by atoms with Crippen LogP contribution in [0.15, 0.2) is 0 Å². The van der Waals surface area contributed by atoms with Gasteiger partial charge in [-0.15, -0.1) is 0 Å². The van der Waals surface area contributed by atoms with Crippen LogP contribution in [0.4, 0.5) is 0 Å². The lowest BCUT2D eigenvalue weighted by atomic mass is 10.0. The zero-order chi connectivity index (χ0) is 22.1. The normalized spacial score (nSPS) is 10.6. The average molecular weight is 409 g/mol. The van der Waals surface area contributed by atoms with Gasteiger partial charge < -0.3 is 9.59 Å². The monoisotopic (exact) mass is 408 g/mol. The van der Waals surface area contributed by atoms with Crippen molar-refractivity contribution in [3.8, 4) is 0 Å². The van der Waals surface area contributed by atoms with Crippen molar-refractivity contribution in [1.29, 1.82) is 0 Å². The Kier molecular flexibility index (Phi) is 15.8. The van der Waals surface area contributed by atoms with Gasteiger partial charge in [0, 0.05) is 64.2 Å². The molecule has 0 atom stereocenters. The molecule has 0 aliphatic heterocycles. The number of carbonyl (C=O) groups excluding carboxylic acids is 6. The van der Waals surface area contributed by atoms with E-state index < -0.39 is 0 Å². The summed E-state index contributed by atoms with van der Waals surface area (Å²) in [5.41, 5.74) is 0. The molecule has 0 unspecified atom stereocenters. The fourth-order valence-corrected chi connectivity index (χ4v) is 3.02. The maximum absolute atomic E-state index is 11.8. The van der Waals surface area contributed by atoms with Crippen molar-refractivity contribution in [1.82, 2.24) is 0 Å². The summed E-state index contributed by atoms with van der Waals surface area (Å²) in [6, 6.07) is 0. The van der Waals surface area contributed by atoms with Gasteiger partial charge in [-0.25, -0.2) is 0 Å². The number of carbonyl (C=O) groups is 6. The van der Waals surface area contributed by atoms with Gasteiger partial charge in [-0.2, -0.15) is 0 Å². The van der Waals surface area contributed by atoms with Crippen molar-refractivity contribution in [2.24, 2.45) is 0 Å². The summed E-state index contributed by atoms with van der Waals surface area (Å²) in [6.07, 6.45) is 6.45. The molecule has 6 heteroatoms. The molecule has 0 saturated heterocycles. The lowest BCUT2D eigenvalue weighted by Crippen LogP contribution is -2.05. The van der Waals surface area contributed by atoms with Crippen LogP contribution < -0.4 is 0 Å². The minimum atomic E-state index is 0.0648. The smallest absolute Gasteiger partial charge is 0.132 e.